The molecule has 0 fully saturated rings. The van der Waals surface area contributed by atoms with Crippen LogP contribution in [0.2, 0.25) is 0 Å². The van der Waals surface area contributed by atoms with Crippen LogP contribution in [0, 0.1) is 0 Å². The zero-order valence-corrected chi connectivity index (χ0v) is 16.9. The highest BCUT2D eigenvalue weighted by atomic mass is 16.4. The van der Waals surface area contributed by atoms with Crippen LogP contribution in [0.3, 0.4) is 0 Å². The summed E-state index contributed by atoms with van der Waals surface area (Å²) in [4.78, 5) is 10.6. The molecule has 0 unspecified atom stereocenters. The van der Waals surface area contributed by atoms with Crippen molar-refractivity contribution in [1.29, 1.82) is 0 Å². The van der Waals surface area contributed by atoms with Crippen molar-refractivity contribution in [1.82, 2.24) is 0 Å². The van der Waals surface area contributed by atoms with Crippen molar-refractivity contribution in [3.8, 4) is 5.75 Å². The quantitative estimate of drug-likeness (QED) is 0.470. The second-order valence-electron chi connectivity index (χ2n) is 8.84. The van der Waals surface area contributed by atoms with Crippen LogP contribution in [0.25, 0.3) is 6.08 Å². The first-order valence-electron chi connectivity index (χ1n) is 9.04. The SMILES string of the molecule is CC(C)(C)c1cc(Nc2ccc(C=CC(=O)O)cc2)cc(C(C)(C)C)c1O. The van der Waals surface area contributed by atoms with Gasteiger partial charge < -0.3 is 15.5 Å². The Balaban J connectivity index is 2.40. The van der Waals surface area contributed by atoms with Crippen molar-refractivity contribution >= 4 is 23.4 Å². The van der Waals surface area contributed by atoms with Crippen LogP contribution in [0.5, 0.6) is 5.75 Å². The molecule has 0 aliphatic rings. The van der Waals surface area contributed by atoms with E-state index in [4.69, 9.17) is 5.11 Å². The molecule has 0 spiro atoms. The number of nitrogens with one attached hydrogen (secondary N) is 1. The largest absolute Gasteiger partial charge is 0.507 e. The molecule has 0 saturated carbocycles. The molecule has 0 amide bonds. The lowest BCUT2D eigenvalue weighted by Crippen LogP contribution is -2.17. The summed E-state index contributed by atoms with van der Waals surface area (Å²) in [5.74, 6) is -0.611. The lowest BCUT2D eigenvalue weighted by atomic mass is 9.79. The monoisotopic (exact) mass is 367 g/mol. The highest BCUT2D eigenvalue weighted by molar-refractivity contribution is 5.85. The van der Waals surface area contributed by atoms with Crippen LogP contribution in [-0.2, 0) is 15.6 Å². The van der Waals surface area contributed by atoms with Crippen molar-refractivity contribution < 1.29 is 15.0 Å². The van der Waals surface area contributed by atoms with Gasteiger partial charge in [-0.1, -0.05) is 53.7 Å². The van der Waals surface area contributed by atoms with E-state index < -0.39 is 5.97 Å². The fourth-order valence-corrected chi connectivity index (χ4v) is 2.86. The minimum atomic E-state index is -0.967. The summed E-state index contributed by atoms with van der Waals surface area (Å²) in [6.07, 6.45) is 2.68. The third-order valence-corrected chi connectivity index (χ3v) is 4.34. The minimum absolute atomic E-state index is 0.187. The van der Waals surface area contributed by atoms with Gasteiger partial charge in [0.25, 0.3) is 0 Å². The van der Waals surface area contributed by atoms with Gasteiger partial charge in [-0.2, -0.15) is 0 Å². The fourth-order valence-electron chi connectivity index (χ4n) is 2.86. The number of phenols is 1. The zero-order valence-electron chi connectivity index (χ0n) is 16.9. The summed E-state index contributed by atoms with van der Waals surface area (Å²) < 4.78 is 0. The van der Waals surface area contributed by atoms with Gasteiger partial charge in [-0.05, 0) is 46.7 Å². The molecule has 2 aromatic rings. The van der Waals surface area contributed by atoms with E-state index in [9.17, 15) is 9.90 Å². The first-order valence-corrected chi connectivity index (χ1v) is 9.04. The van der Waals surface area contributed by atoms with Gasteiger partial charge in [0.1, 0.15) is 5.75 Å². The van der Waals surface area contributed by atoms with E-state index in [1.807, 2.05) is 36.4 Å². The number of anilines is 2. The maximum absolute atomic E-state index is 10.8. The van der Waals surface area contributed by atoms with Gasteiger partial charge in [-0.3, -0.25) is 0 Å². The molecule has 3 N–H and O–H groups in total. The number of rotatable bonds is 4. The standard InChI is InChI=1S/C23H29NO3/c1-22(2,3)18-13-17(14-19(21(18)27)23(4,5)6)24-16-10-7-15(8-11-16)9-12-20(25)26/h7-14,24,27H,1-6H3,(H,25,26). The molecule has 0 radical (unpaired) electrons. The summed E-state index contributed by atoms with van der Waals surface area (Å²) in [5, 5.41) is 22.9. The maximum Gasteiger partial charge on any atom is 0.328 e. The Labute approximate surface area is 161 Å². The predicted octanol–water partition coefficient (Wildman–Crippen LogP) is 5.83. The van der Waals surface area contributed by atoms with Crippen LogP contribution in [0.15, 0.2) is 42.5 Å². The van der Waals surface area contributed by atoms with E-state index in [0.717, 1.165) is 34.1 Å². The Morgan fingerprint density at radius 2 is 1.37 bits per heavy atom. The van der Waals surface area contributed by atoms with E-state index in [-0.39, 0.29) is 10.8 Å². The van der Waals surface area contributed by atoms with Crippen molar-refractivity contribution in [2.45, 2.75) is 52.4 Å². The highest BCUT2D eigenvalue weighted by Crippen LogP contribution is 2.41. The Morgan fingerprint density at radius 3 is 1.78 bits per heavy atom. The average Bonchev–Trinajstić information content (AvgIpc) is 2.53. The minimum Gasteiger partial charge on any atom is -0.507 e. The molecule has 27 heavy (non-hydrogen) atoms. The van der Waals surface area contributed by atoms with Crippen molar-refractivity contribution in [3.63, 3.8) is 0 Å². The molecule has 144 valence electrons. The van der Waals surface area contributed by atoms with Gasteiger partial charge >= 0.3 is 5.97 Å². The molecular formula is C23H29NO3. The first-order chi connectivity index (χ1) is 12.4. The molecule has 2 rings (SSSR count). The predicted molar refractivity (Wildman–Crippen MR) is 112 cm³/mol. The number of carbonyl (C=O) groups is 1. The average molecular weight is 367 g/mol. The Bertz CT molecular complexity index is 816. The summed E-state index contributed by atoms with van der Waals surface area (Å²) in [6.45, 7) is 12.5. The molecule has 0 saturated heterocycles. The Morgan fingerprint density at radius 1 is 0.889 bits per heavy atom. The van der Waals surface area contributed by atoms with Crippen LogP contribution in [0.4, 0.5) is 11.4 Å². The van der Waals surface area contributed by atoms with Crippen molar-refractivity contribution in [3.05, 3.63) is 59.2 Å². The van der Waals surface area contributed by atoms with E-state index in [2.05, 4.69) is 46.9 Å². The summed E-state index contributed by atoms with van der Waals surface area (Å²) >= 11 is 0. The topological polar surface area (TPSA) is 69.6 Å². The van der Waals surface area contributed by atoms with Gasteiger partial charge in [0.2, 0.25) is 0 Å². The summed E-state index contributed by atoms with van der Waals surface area (Å²) in [6, 6.07) is 11.5. The van der Waals surface area contributed by atoms with Crippen molar-refractivity contribution in [2.24, 2.45) is 0 Å². The van der Waals surface area contributed by atoms with Crippen LogP contribution in [-0.4, -0.2) is 16.2 Å². The summed E-state index contributed by atoms with van der Waals surface area (Å²) in [7, 11) is 0. The molecule has 4 heteroatoms. The number of hydrogen-bond donors (Lipinski definition) is 3. The number of hydrogen-bond acceptors (Lipinski definition) is 3. The third kappa shape index (κ3) is 5.36. The number of benzene rings is 2. The number of aliphatic carboxylic acids is 1. The second-order valence-corrected chi connectivity index (χ2v) is 8.84. The van der Waals surface area contributed by atoms with E-state index >= 15 is 0 Å². The molecule has 0 aromatic heterocycles. The maximum atomic E-state index is 10.8. The summed E-state index contributed by atoms with van der Waals surface area (Å²) in [5.41, 5.74) is 4.06. The molecule has 0 aliphatic heterocycles. The molecular weight excluding hydrogens is 338 g/mol. The Kier molecular flexibility index (Phi) is 5.69. The fraction of sp³-hybridized carbons (Fsp3) is 0.348. The van der Waals surface area contributed by atoms with Gasteiger partial charge in [-0.15, -0.1) is 0 Å². The van der Waals surface area contributed by atoms with Gasteiger partial charge in [0, 0.05) is 28.6 Å². The smallest absolute Gasteiger partial charge is 0.328 e. The van der Waals surface area contributed by atoms with Crippen LogP contribution >= 0.6 is 0 Å². The van der Waals surface area contributed by atoms with E-state index in [1.165, 1.54) is 0 Å². The molecule has 0 atom stereocenters. The molecule has 0 bridgehead atoms. The normalized spacial score (nSPS) is 12.4. The van der Waals surface area contributed by atoms with Crippen LogP contribution in [0.1, 0.15) is 58.2 Å². The second kappa shape index (κ2) is 7.47. The lowest BCUT2D eigenvalue weighted by Gasteiger charge is -2.28. The first kappa shape index (κ1) is 20.6. The van der Waals surface area contributed by atoms with Gasteiger partial charge in [0.05, 0.1) is 0 Å². The zero-order chi connectivity index (χ0) is 20.4. The third-order valence-electron chi connectivity index (χ3n) is 4.34. The molecule has 0 aliphatic carbocycles. The van der Waals surface area contributed by atoms with Crippen molar-refractivity contribution in [2.75, 3.05) is 5.32 Å². The molecule has 4 nitrogen and oxygen atoms in total. The molecule has 0 heterocycles. The molecule has 2 aromatic carbocycles. The number of carboxylic acid groups (broad SMARTS) is 1. The number of carboxylic acids is 1. The lowest BCUT2D eigenvalue weighted by molar-refractivity contribution is -0.131. The van der Waals surface area contributed by atoms with Crippen LogP contribution < -0.4 is 5.32 Å². The van der Waals surface area contributed by atoms with E-state index in [1.54, 1.807) is 6.08 Å². The van der Waals surface area contributed by atoms with Gasteiger partial charge in [-0.25, -0.2) is 4.79 Å². The van der Waals surface area contributed by atoms with E-state index in [0.29, 0.717) is 5.75 Å². The Hall–Kier alpha value is -2.75. The number of phenolic OH excluding ortho intramolecular Hbond substituents is 1. The van der Waals surface area contributed by atoms with Gasteiger partial charge in [0.15, 0.2) is 0 Å². The number of aromatic hydroxyl groups is 1. The highest BCUT2D eigenvalue weighted by Gasteiger charge is 2.26.